The minimum atomic E-state index is 0.00742. The molecular weight excluding hydrogens is 306 g/mol. The molecule has 0 fully saturated rings. The van der Waals surface area contributed by atoms with E-state index >= 15 is 0 Å². The minimum Gasteiger partial charge on any atom is -0.325 e. The molecule has 5 heteroatoms. The molecule has 0 unspecified atom stereocenters. The number of hydrogen-bond acceptors (Lipinski definition) is 3. The minimum absolute atomic E-state index is 0.00742. The lowest BCUT2D eigenvalue weighted by Crippen LogP contribution is -2.11. The van der Waals surface area contributed by atoms with E-state index < -0.39 is 0 Å². The van der Waals surface area contributed by atoms with E-state index in [0.717, 1.165) is 28.7 Å². The number of halogens is 1. The lowest BCUT2D eigenvalue weighted by Gasteiger charge is -2.04. The summed E-state index contributed by atoms with van der Waals surface area (Å²) in [4.78, 5) is 19.8. The van der Waals surface area contributed by atoms with Crippen LogP contribution in [-0.4, -0.2) is 15.9 Å². The Balaban J connectivity index is 1.74. The normalized spacial score (nSPS) is 10.2. The van der Waals surface area contributed by atoms with Gasteiger partial charge in [0.1, 0.15) is 4.60 Å². The third-order valence-electron chi connectivity index (χ3n) is 2.60. The first-order chi connectivity index (χ1) is 9.24. The van der Waals surface area contributed by atoms with Gasteiger partial charge in [-0.2, -0.15) is 0 Å². The second kappa shape index (κ2) is 6.99. The summed E-state index contributed by atoms with van der Waals surface area (Å²) >= 11 is 3.25. The molecule has 2 aromatic heterocycles. The Morgan fingerprint density at radius 3 is 2.84 bits per heavy atom. The van der Waals surface area contributed by atoms with E-state index in [2.05, 4.69) is 31.2 Å². The summed E-state index contributed by atoms with van der Waals surface area (Å²) < 4.78 is 0.752. The topological polar surface area (TPSA) is 54.9 Å². The van der Waals surface area contributed by atoms with E-state index in [9.17, 15) is 4.79 Å². The number of nitrogens with one attached hydrogen (secondary N) is 1. The highest BCUT2D eigenvalue weighted by Crippen LogP contribution is 2.11. The first-order valence-corrected chi connectivity index (χ1v) is 6.83. The fourth-order valence-electron chi connectivity index (χ4n) is 1.67. The zero-order valence-corrected chi connectivity index (χ0v) is 11.9. The van der Waals surface area contributed by atoms with Crippen molar-refractivity contribution < 1.29 is 4.79 Å². The molecule has 0 bridgehead atoms. The summed E-state index contributed by atoms with van der Waals surface area (Å²) in [5.74, 6) is 0.00742. The molecular formula is C14H14BrN3O. The number of amides is 1. The Hall–Kier alpha value is -1.75. The quantitative estimate of drug-likeness (QED) is 0.861. The maximum absolute atomic E-state index is 11.7. The van der Waals surface area contributed by atoms with Crippen molar-refractivity contribution in [3.8, 4) is 0 Å². The van der Waals surface area contributed by atoms with E-state index in [1.54, 1.807) is 18.5 Å². The average Bonchev–Trinajstić information content (AvgIpc) is 2.43. The molecule has 0 radical (unpaired) electrons. The summed E-state index contributed by atoms with van der Waals surface area (Å²) in [6.07, 6.45) is 7.36. The van der Waals surface area contributed by atoms with Crippen molar-refractivity contribution in [3.05, 3.63) is 53.0 Å². The van der Waals surface area contributed by atoms with Gasteiger partial charge in [-0.15, -0.1) is 0 Å². The number of anilines is 1. The van der Waals surface area contributed by atoms with Crippen LogP contribution in [0.2, 0.25) is 0 Å². The molecule has 98 valence electrons. The van der Waals surface area contributed by atoms with Crippen molar-refractivity contribution in [1.29, 1.82) is 0 Å². The SMILES string of the molecule is O=C(CCCc1cccnc1)Nc1ccc(Br)nc1. The predicted octanol–water partition coefficient (Wildman–Crippen LogP) is 3.20. The van der Waals surface area contributed by atoms with E-state index in [0.29, 0.717) is 6.42 Å². The number of rotatable bonds is 5. The molecule has 0 aliphatic rings. The van der Waals surface area contributed by atoms with Crippen molar-refractivity contribution in [2.75, 3.05) is 5.32 Å². The number of aromatic nitrogens is 2. The summed E-state index contributed by atoms with van der Waals surface area (Å²) in [5, 5.41) is 2.82. The van der Waals surface area contributed by atoms with E-state index in [1.165, 1.54) is 0 Å². The zero-order chi connectivity index (χ0) is 13.5. The van der Waals surface area contributed by atoms with Gasteiger partial charge >= 0.3 is 0 Å². The van der Waals surface area contributed by atoms with Gasteiger partial charge in [0.05, 0.1) is 11.9 Å². The van der Waals surface area contributed by atoms with Crippen molar-refractivity contribution in [3.63, 3.8) is 0 Å². The van der Waals surface area contributed by atoms with Crippen LogP contribution in [0.1, 0.15) is 18.4 Å². The van der Waals surface area contributed by atoms with Crippen molar-refractivity contribution >= 4 is 27.5 Å². The molecule has 2 aromatic rings. The van der Waals surface area contributed by atoms with Gasteiger partial charge in [0, 0.05) is 18.8 Å². The summed E-state index contributed by atoms with van der Waals surface area (Å²) in [5.41, 5.74) is 1.87. The highest BCUT2D eigenvalue weighted by Gasteiger charge is 2.03. The van der Waals surface area contributed by atoms with Gasteiger partial charge in [0.15, 0.2) is 0 Å². The molecule has 0 aliphatic carbocycles. The van der Waals surface area contributed by atoms with E-state index in [-0.39, 0.29) is 5.91 Å². The highest BCUT2D eigenvalue weighted by atomic mass is 79.9. The summed E-state index contributed by atoms with van der Waals surface area (Å²) in [6, 6.07) is 7.54. The highest BCUT2D eigenvalue weighted by molar-refractivity contribution is 9.10. The van der Waals surface area contributed by atoms with Gasteiger partial charge in [-0.3, -0.25) is 9.78 Å². The Morgan fingerprint density at radius 2 is 2.16 bits per heavy atom. The van der Waals surface area contributed by atoms with Gasteiger partial charge in [-0.25, -0.2) is 4.98 Å². The third kappa shape index (κ3) is 4.79. The fourth-order valence-corrected chi connectivity index (χ4v) is 1.91. The van der Waals surface area contributed by atoms with Crippen molar-refractivity contribution in [2.45, 2.75) is 19.3 Å². The smallest absolute Gasteiger partial charge is 0.224 e. The van der Waals surface area contributed by atoms with Crippen LogP contribution in [0.4, 0.5) is 5.69 Å². The van der Waals surface area contributed by atoms with E-state index in [1.807, 2.05) is 24.4 Å². The number of carbonyl (C=O) groups is 1. The number of pyridine rings is 2. The molecule has 2 rings (SSSR count). The molecule has 0 atom stereocenters. The molecule has 0 aliphatic heterocycles. The lowest BCUT2D eigenvalue weighted by molar-refractivity contribution is -0.116. The number of hydrogen-bond donors (Lipinski definition) is 1. The number of carbonyl (C=O) groups excluding carboxylic acids is 1. The van der Waals surface area contributed by atoms with Crippen LogP contribution >= 0.6 is 15.9 Å². The van der Waals surface area contributed by atoms with Crippen LogP contribution in [0, 0.1) is 0 Å². The average molecular weight is 320 g/mol. The monoisotopic (exact) mass is 319 g/mol. The fraction of sp³-hybridized carbons (Fsp3) is 0.214. The molecule has 1 amide bonds. The van der Waals surface area contributed by atoms with Crippen LogP contribution in [0.5, 0.6) is 0 Å². The van der Waals surface area contributed by atoms with Gasteiger partial charge in [0.25, 0.3) is 0 Å². The van der Waals surface area contributed by atoms with Crippen LogP contribution in [0.15, 0.2) is 47.5 Å². The van der Waals surface area contributed by atoms with E-state index in [4.69, 9.17) is 0 Å². The van der Waals surface area contributed by atoms with Crippen LogP contribution in [0.25, 0.3) is 0 Å². The molecule has 2 heterocycles. The second-order valence-corrected chi connectivity index (χ2v) is 4.95. The maximum atomic E-state index is 11.7. The maximum Gasteiger partial charge on any atom is 0.224 e. The van der Waals surface area contributed by atoms with Crippen LogP contribution < -0.4 is 5.32 Å². The molecule has 0 saturated carbocycles. The van der Waals surface area contributed by atoms with Gasteiger partial charge < -0.3 is 5.32 Å². The van der Waals surface area contributed by atoms with Crippen LogP contribution in [0.3, 0.4) is 0 Å². The van der Waals surface area contributed by atoms with Gasteiger partial charge in [-0.1, -0.05) is 6.07 Å². The third-order valence-corrected chi connectivity index (χ3v) is 3.07. The molecule has 4 nitrogen and oxygen atoms in total. The molecule has 0 aromatic carbocycles. The Labute approximate surface area is 120 Å². The zero-order valence-electron chi connectivity index (χ0n) is 10.3. The number of aryl methyl sites for hydroxylation is 1. The Bertz CT molecular complexity index is 528. The first kappa shape index (κ1) is 13.7. The van der Waals surface area contributed by atoms with Gasteiger partial charge in [0.2, 0.25) is 5.91 Å². The molecule has 0 spiro atoms. The summed E-state index contributed by atoms with van der Waals surface area (Å²) in [7, 11) is 0. The Kier molecular flexibility index (Phi) is 5.03. The molecule has 1 N–H and O–H groups in total. The largest absolute Gasteiger partial charge is 0.325 e. The summed E-state index contributed by atoms with van der Waals surface area (Å²) in [6.45, 7) is 0. The number of nitrogens with zero attached hydrogens (tertiary/aromatic N) is 2. The van der Waals surface area contributed by atoms with Crippen molar-refractivity contribution in [2.24, 2.45) is 0 Å². The molecule has 0 saturated heterocycles. The Morgan fingerprint density at radius 1 is 1.26 bits per heavy atom. The molecule has 19 heavy (non-hydrogen) atoms. The second-order valence-electron chi connectivity index (χ2n) is 4.13. The lowest BCUT2D eigenvalue weighted by atomic mass is 10.1. The predicted molar refractivity (Wildman–Crippen MR) is 77.7 cm³/mol. The standard InChI is InChI=1S/C14H14BrN3O/c15-13-7-6-12(10-17-13)18-14(19)5-1-3-11-4-2-8-16-9-11/h2,4,6-10H,1,3,5H2,(H,18,19). The first-order valence-electron chi connectivity index (χ1n) is 6.04. The van der Waals surface area contributed by atoms with Crippen LogP contribution in [-0.2, 0) is 11.2 Å². The van der Waals surface area contributed by atoms with Gasteiger partial charge in [-0.05, 0) is 52.5 Å². The van der Waals surface area contributed by atoms with Crippen molar-refractivity contribution in [1.82, 2.24) is 9.97 Å².